The fourth-order valence-electron chi connectivity index (χ4n) is 2.82. The highest BCUT2D eigenvalue weighted by Crippen LogP contribution is 2.14. The predicted octanol–water partition coefficient (Wildman–Crippen LogP) is 2.06. The number of amides is 2. The number of nitrogens with zero attached hydrogens (tertiary/aromatic N) is 2. The number of carbonyl (C=O) groups excluding carboxylic acids is 2. The van der Waals surface area contributed by atoms with Crippen molar-refractivity contribution in [2.45, 2.75) is 6.92 Å². The molecular formula is C20H22N2O4. The van der Waals surface area contributed by atoms with E-state index in [-0.39, 0.29) is 24.2 Å². The molecule has 2 aromatic rings. The Hall–Kier alpha value is -3.02. The lowest BCUT2D eigenvalue weighted by Crippen LogP contribution is -2.51. The van der Waals surface area contributed by atoms with Crippen LogP contribution in [0.1, 0.15) is 15.9 Å². The van der Waals surface area contributed by atoms with Crippen LogP contribution in [-0.2, 0) is 4.79 Å². The first kappa shape index (κ1) is 17.8. The SMILES string of the molecule is Cc1ccc(OCC(=O)N2CCN(C(=O)c3ccc(O)cc3)CC2)cc1. The standard InChI is InChI=1S/C20H22N2O4/c1-15-2-8-18(9-3-15)26-14-19(24)21-10-12-22(13-11-21)20(25)16-4-6-17(23)7-5-16/h2-9,23H,10-14H2,1H3. The van der Waals surface area contributed by atoms with Gasteiger partial charge in [0.05, 0.1) is 0 Å². The van der Waals surface area contributed by atoms with E-state index in [0.29, 0.717) is 37.5 Å². The van der Waals surface area contributed by atoms with Crippen molar-refractivity contribution < 1.29 is 19.4 Å². The van der Waals surface area contributed by atoms with Gasteiger partial charge in [-0.25, -0.2) is 0 Å². The second-order valence-corrected chi connectivity index (χ2v) is 6.32. The summed E-state index contributed by atoms with van der Waals surface area (Å²) in [6.07, 6.45) is 0. The predicted molar refractivity (Wildman–Crippen MR) is 97.3 cm³/mol. The van der Waals surface area contributed by atoms with Crippen molar-refractivity contribution in [1.82, 2.24) is 9.80 Å². The van der Waals surface area contributed by atoms with Crippen molar-refractivity contribution in [2.24, 2.45) is 0 Å². The summed E-state index contributed by atoms with van der Waals surface area (Å²) in [5.41, 5.74) is 1.67. The molecule has 0 spiro atoms. The number of aryl methyl sites for hydroxylation is 1. The summed E-state index contributed by atoms with van der Waals surface area (Å²) < 4.78 is 5.54. The van der Waals surface area contributed by atoms with Gasteiger partial charge in [-0.3, -0.25) is 9.59 Å². The van der Waals surface area contributed by atoms with Gasteiger partial charge in [0.2, 0.25) is 0 Å². The van der Waals surface area contributed by atoms with Crippen molar-refractivity contribution in [2.75, 3.05) is 32.8 Å². The molecule has 0 atom stereocenters. The molecule has 2 aromatic carbocycles. The summed E-state index contributed by atoms with van der Waals surface area (Å²) in [7, 11) is 0. The van der Waals surface area contributed by atoms with Crippen molar-refractivity contribution in [3.63, 3.8) is 0 Å². The lowest BCUT2D eigenvalue weighted by molar-refractivity contribution is -0.134. The van der Waals surface area contributed by atoms with Gasteiger partial charge in [-0.2, -0.15) is 0 Å². The van der Waals surface area contributed by atoms with Gasteiger partial charge in [-0.1, -0.05) is 17.7 Å². The third-order valence-corrected chi connectivity index (χ3v) is 4.42. The van der Waals surface area contributed by atoms with Crippen LogP contribution in [-0.4, -0.2) is 59.5 Å². The van der Waals surface area contributed by atoms with Gasteiger partial charge >= 0.3 is 0 Å². The molecule has 0 aromatic heterocycles. The Labute approximate surface area is 152 Å². The number of ether oxygens (including phenoxy) is 1. The Kier molecular flexibility index (Phi) is 5.41. The van der Waals surface area contributed by atoms with Crippen LogP contribution in [0.3, 0.4) is 0 Å². The summed E-state index contributed by atoms with van der Waals surface area (Å²) >= 11 is 0. The number of hydrogen-bond donors (Lipinski definition) is 1. The van der Waals surface area contributed by atoms with E-state index in [4.69, 9.17) is 4.74 Å². The number of aromatic hydroxyl groups is 1. The highest BCUT2D eigenvalue weighted by Gasteiger charge is 2.25. The fourth-order valence-corrected chi connectivity index (χ4v) is 2.82. The van der Waals surface area contributed by atoms with Crippen LogP contribution in [0.5, 0.6) is 11.5 Å². The van der Waals surface area contributed by atoms with Crippen LogP contribution >= 0.6 is 0 Å². The van der Waals surface area contributed by atoms with Gasteiger partial charge in [0.1, 0.15) is 11.5 Å². The zero-order valence-corrected chi connectivity index (χ0v) is 14.7. The maximum atomic E-state index is 12.4. The van der Waals surface area contributed by atoms with Crippen LogP contribution in [0, 0.1) is 6.92 Å². The molecule has 136 valence electrons. The summed E-state index contributed by atoms with van der Waals surface area (Å²) in [6.45, 7) is 3.93. The Morgan fingerprint density at radius 1 is 0.923 bits per heavy atom. The monoisotopic (exact) mass is 354 g/mol. The lowest BCUT2D eigenvalue weighted by atomic mass is 10.1. The number of rotatable bonds is 4. The Morgan fingerprint density at radius 2 is 1.50 bits per heavy atom. The number of carbonyl (C=O) groups is 2. The number of benzene rings is 2. The van der Waals surface area contributed by atoms with E-state index in [1.165, 1.54) is 12.1 Å². The number of phenolic OH excluding ortho intramolecular Hbond substituents is 1. The van der Waals surface area contributed by atoms with Crippen LogP contribution in [0.25, 0.3) is 0 Å². The summed E-state index contributed by atoms with van der Waals surface area (Å²) in [5.74, 6) is 0.631. The minimum absolute atomic E-state index is 0.00499. The molecular weight excluding hydrogens is 332 g/mol. The van der Waals surface area contributed by atoms with E-state index < -0.39 is 0 Å². The van der Waals surface area contributed by atoms with E-state index in [9.17, 15) is 14.7 Å². The van der Waals surface area contributed by atoms with Crippen LogP contribution in [0.15, 0.2) is 48.5 Å². The summed E-state index contributed by atoms with van der Waals surface area (Å²) in [4.78, 5) is 28.2. The summed E-state index contributed by atoms with van der Waals surface area (Å²) in [5, 5.41) is 9.31. The number of phenols is 1. The molecule has 26 heavy (non-hydrogen) atoms. The summed E-state index contributed by atoms with van der Waals surface area (Å²) in [6, 6.07) is 13.8. The third-order valence-electron chi connectivity index (χ3n) is 4.42. The minimum Gasteiger partial charge on any atom is -0.508 e. The van der Waals surface area contributed by atoms with E-state index in [0.717, 1.165) is 5.56 Å². The lowest BCUT2D eigenvalue weighted by Gasteiger charge is -2.34. The second kappa shape index (κ2) is 7.91. The first-order chi connectivity index (χ1) is 12.5. The molecule has 1 heterocycles. The van der Waals surface area contributed by atoms with Gasteiger partial charge in [-0.15, -0.1) is 0 Å². The zero-order chi connectivity index (χ0) is 18.5. The molecule has 0 unspecified atom stereocenters. The third kappa shape index (κ3) is 4.33. The molecule has 0 radical (unpaired) electrons. The zero-order valence-electron chi connectivity index (χ0n) is 14.7. The molecule has 1 N–H and O–H groups in total. The Balaban J connectivity index is 1.48. The Bertz CT molecular complexity index is 763. The highest BCUT2D eigenvalue weighted by atomic mass is 16.5. The molecule has 1 aliphatic heterocycles. The molecule has 1 aliphatic rings. The van der Waals surface area contributed by atoms with E-state index in [1.54, 1.807) is 21.9 Å². The van der Waals surface area contributed by atoms with Gasteiger partial charge in [0.15, 0.2) is 6.61 Å². The first-order valence-electron chi connectivity index (χ1n) is 8.58. The number of hydrogen-bond acceptors (Lipinski definition) is 4. The molecule has 2 amide bonds. The molecule has 6 heteroatoms. The smallest absolute Gasteiger partial charge is 0.260 e. The topological polar surface area (TPSA) is 70.1 Å². The quantitative estimate of drug-likeness (QED) is 0.912. The average Bonchev–Trinajstić information content (AvgIpc) is 2.67. The van der Waals surface area contributed by atoms with Crippen molar-refractivity contribution in [3.8, 4) is 11.5 Å². The van der Waals surface area contributed by atoms with E-state index in [2.05, 4.69) is 0 Å². The fraction of sp³-hybridized carbons (Fsp3) is 0.300. The van der Waals surface area contributed by atoms with Crippen LogP contribution in [0.2, 0.25) is 0 Å². The van der Waals surface area contributed by atoms with Crippen LogP contribution < -0.4 is 4.74 Å². The van der Waals surface area contributed by atoms with E-state index in [1.807, 2.05) is 31.2 Å². The molecule has 3 rings (SSSR count). The minimum atomic E-state index is -0.0898. The van der Waals surface area contributed by atoms with Crippen LogP contribution in [0.4, 0.5) is 0 Å². The van der Waals surface area contributed by atoms with Crippen molar-refractivity contribution in [1.29, 1.82) is 0 Å². The molecule has 0 saturated carbocycles. The second-order valence-electron chi connectivity index (χ2n) is 6.32. The van der Waals surface area contributed by atoms with Gasteiger partial charge < -0.3 is 19.6 Å². The van der Waals surface area contributed by atoms with E-state index >= 15 is 0 Å². The first-order valence-corrected chi connectivity index (χ1v) is 8.58. The van der Waals surface area contributed by atoms with Gasteiger partial charge in [0, 0.05) is 31.7 Å². The maximum Gasteiger partial charge on any atom is 0.260 e. The average molecular weight is 354 g/mol. The largest absolute Gasteiger partial charge is 0.508 e. The molecule has 1 fully saturated rings. The molecule has 0 bridgehead atoms. The number of piperazine rings is 1. The normalized spacial score (nSPS) is 14.2. The van der Waals surface area contributed by atoms with Gasteiger partial charge in [0.25, 0.3) is 11.8 Å². The highest BCUT2D eigenvalue weighted by molar-refractivity contribution is 5.94. The van der Waals surface area contributed by atoms with Crippen molar-refractivity contribution in [3.05, 3.63) is 59.7 Å². The Morgan fingerprint density at radius 3 is 2.12 bits per heavy atom. The molecule has 6 nitrogen and oxygen atoms in total. The van der Waals surface area contributed by atoms with Gasteiger partial charge in [-0.05, 0) is 43.3 Å². The molecule has 0 aliphatic carbocycles. The maximum absolute atomic E-state index is 12.4. The van der Waals surface area contributed by atoms with Crippen molar-refractivity contribution >= 4 is 11.8 Å². The molecule has 1 saturated heterocycles.